The maximum absolute atomic E-state index is 12.7. The first-order chi connectivity index (χ1) is 13.1. The van der Waals surface area contributed by atoms with Gasteiger partial charge in [-0.1, -0.05) is 6.07 Å². The second-order valence-corrected chi connectivity index (χ2v) is 6.87. The Balaban J connectivity index is 1.44. The monoisotopic (exact) mass is 372 g/mol. The topological polar surface area (TPSA) is 43.2 Å². The van der Waals surface area contributed by atoms with Gasteiger partial charge in [-0.15, -0.1) is 0 Å². The van der Waals surface area contributed by atoms with Crippen molar-refractivity contribution in [1.29, 1.82) is 0 Å². The standard InChI is InChI=1S/C20H22F2N4O/c1-14-11-20(24-13-23-14)25-8-5-15(6-9-25)27-18-4-2-3-17-16(18)7-10-26(17)12-19(21)22/h2-4,7,10-11,13,15,19H,5-6,8-9,12H2,1H3. The minimum atomic E-state index is -2.38. The van der Waals surface area contributed by atoms with Crippen LogP contribution < -0.4 is 9.64 Å². The van der Waals surface area contributed by atoms with Gasteiger partial charge >= 0.3 is 0 Å². The van der Waals surface area contributed by atoms with Crippen LogP contribution in [0.15, 0.2) is 42.9 Å². The van der Waals surface area contributed by atoms with E-state index in [2.05, 4.69) is 14.9 Å². The summed E-state index contributed by atoms with van der Waals surface area (Å²) in [6.45, 7) is 3.39. The molecule has 1 aliphatic heterocycles. The number of halogens is 2. The van der Waals surface area contributed by atoms with Crippen LogP contribution in [0.4, 0.5) is 14.6 Å². The number of aromatic nitrogens is 3. The molecule has 1 fully saturated rings. The van der Waals surface area contributed by atoms with Crippen LogP contribution in [-0.4, -0.2) is 40.2 Å². The van der Waals surface area contributed by atoms with E-state index in [1.165, 1.54) is 0 Å². The molecule has 7 heteroatoms. The van der Waals surface area contributed by atoms with Crippen molar-refractivity contribution < 1.29 is 13.5 Å². The lowest BCUT2D eigenvalue weighted by molar-refractivity contribution is 0.128. The molecule has 5 nitrogen and oxygen atoms in total. The van der Waals surface area contributed by atoms with Crippen LogP contribution in [0.25, 0.3) is 10.9 Å². The molecule has 0 atom stereocenters. The summed E-state index contributed by atoms with van der Waals surface area (Å²) in [5, 5.41) is 0.881. The molecule has 0 bridgehead atoms. The Morgan fingerprint density at radius 2 is 2.00 bits per heavy atom. The van der Waals surface area contributed by atoms with E-state index >= 15 is 0 Å². The zero-order valence-corrected chi connectivity index (χ0v) is 15.2. The number of nitrogens with zero attached hydrogens (tertiary/aromatic N) is 4. The maximum Gasteiger partial charge on any atom is 0.256 e. The fraction of sp³-hybridized carbons (Fsp3) is 0.400. The number of benzene rings is 1. The average Bonchev–Trinajstić information content (AvgIpc) is 3.06. The summed E-state index contributed by atoms with van der Waals surface area (Å²) < 4.78 is 33.3. The summed E-state index contributed by atoms with van der Waals surface area (Å²) in [5.41, 5.74) is 1.74. The van der Waals surface area contributed by atoms with Crippen LogP contribution in [-0.2, 0) is 6.54 Å². The van der Waals surface area contributed by atoms with Gasteiger partial charge in [0.2, 0.25) is 0 Å². The SMILES string of the molecule is Cc1cc(N2CCC(Oc3cccc4c3ccn4CC(F)F)CC2)ncn1. The Morgan fingerprint density at radius 3 is 2.74 bits per heavy atom. The summed E-state index contributed by atoms with van der Waals surface area (Å²) in [5.74, 6) is 1.71. The van der Waals surface area contributed by atoms with Gasteiger partial charge in [0.15, 0.2) is 0 Å². The summed E-state index contributed by atoms with van der Waals surface area (Å²) in [7, 11) is 0. The van der Waals surface area contributed by atoms with Gasteiger partial charge in [-0.25, -0.2) is 18.7 Å². The lowest BCUT2D eigenvalue weighted by Gasteiger charge is -2.33. The average molecular weight is 372 g/mol. The lowest BCUT2D eigenvalue weighted by atomic mass is 10.1. The number of aryl methyl sites for hydroxylation is 1. The second-order valence-electron chi connectivity index (χ2n) is 6.87. The predicted molar refractivity (Wildman–Crippen MR) is 101 cm³/mol. The number of anilines is 1. The molecular weight excluding hydrogens is 350 g/mol. The fourth-order valence-corrected chi connectivity index (χ4v) is 3.60. The van der Waals surface area contributed by atoms with Crippen LogP contribution >= 0.6 is 0 Å². The Morgan fingerprint density at radius 1 is 1.19 bits per heavy atom. The third-order valence-corrected chi connectivity index (χ3v) is 4.96. The van der Waals surface area contributed by atoms with Crippen molar-refractivity contribution in [3.05, 3.63) is 48.5 Å². The predicted octanol–water partition coefficient (Wildman–Crippen LogP) is 4.05. The molecule has 0 amide bonds. The Hall–Kier alpha value is -2.70. The van der Waals surface area contributed by atoms with Crippen molar-refractivity contribution >= 4 is 16.7 Å². The molecular formula is C20H22F2N4O. The fourth-order valence-electron chi connectivity index (χ4n) is 3.60. The minimum absolute atomic E-state index is 0.105. The van der Waals surface area contributed by atoms with Crippen molar-refractivity contribution in [2.45, 2.75) is 38.8 Å². The molecule has 0 aliphatic carbocycles. The first-order valence-electron chi connectivity index (χ1n) is 9.16. The molecule has 27 heavy (non-hydrogen) atoms. The number of fused-ring (bicyclic) bond motifs is 1. The first kappa shape index (κ1) is 17.7. The van der Waals surface area contributed by atoms with Gasteiger partial charge in [0.05, 0.1) is 12.1 Å². The number of rotatable bonds is 5. The van der Waals surface area contributed by atoms with Crippen LogP contribution in [0.3, 0.4) is 0 Å². The van der Waals surface area contributed by atoms with Crippen LogP contribution in [0, 0.1) is 6.92 Å². The molecule has 1 aliphatic rings. The maximum atomic E-state index is 12.7. The molecule has 0 saturated carbocycles. The summed E-state index contributed by atoms with van der Waals surface area (Å²) >= 11 is 0. The lowest BCUT2D eigenvalue weighted by Crippen LogP contribution is -2.38. The number of piperidine rings is 1. The highest BCUT2D eigenvalue weighted by atomic mass is 19.3. The van der Waals surface area contributed by atoms with Gasteiger partial charge in [0.1, 0.15) is 24.0 Å². The minimum Gasteiger partial charge on any atom is -0.490 e. The molecule has 4 rings (SSSR count). The van der Waals surface area contributed by atoms with Crippen LogP contribution in [0.2, 0.25) is 0 Å². The number of hydrogen-bond donors (Lipinski definition) is 0. The van der Waals surface area contributed by atoms with Crippen LogP contribution in [0.1, 0.15) is 18.5 Å². The highest BCUT2D eigenvalue weighted by Gasteiger charge is 2.22. The molecule has 0 spiro atoms. The Bertz CT molecular complexity index is 919. The van der Waals surface area contributed by atoms with Crippen LogP contribution in [0.5, 0.6) is 5.75 Å². The Kier molecular flexibility index (Phi) is 4.92. The van der Waals surface area contributed by atoms with Gasteiger partial charge in [0, 0.05) is 49.3 Å². The first-order valence-corrected chi connectivity index (χ1v) is 9.16. The molecule has 2 aromatic heterocycles. The summed E-state index contributed by atoms with van der Waals surface area (Å²) in [6, 6.07) is 9.47. The van der Waals surface area contributed by atoms with E-state index in [-0.39, 0.29) is 12.6 Å². The highest BCUT2D eigenvalue weighted by molar-refractivity contribution is 5.86. The van der Waals surface area contributed by atoms with Crippen molar-refractivity contribution in [2.75, 3.05) is 18.0 Å². The number of alkyl halides is 2. The van der Waals surface area contributed by atoms with E-state index in [9.17, 15) is 8.78 Å². The number of ether oxygens (including phenoxy) is 1. The largest absolute Gasteiger partial charge is 0.490 e. The molecule has 3 heterocycles. The molecule has 0 unspecified atom stereocenters. The van der Waals surface area contributed by atoms with E-state index < -0.39 is 6.43 Å². The Labute approximate surface area is 156 Å². The zero-order chi connectivity index (χ0) is 18.8. The van der Waals surface area contributed by atoms with Crippen molar-refractivity contribution in [3.63, 3.8) is 0 Å². The smallest absolute Gasteiger partial charge is 0.256 e. The van der Waals surface area contributed by atoms with Gasteiger partial charge in [-0.05, 0) is 25.1 Å². The van der Waals surface area contributed by atoms with Crippen molar-refractivity contribution in [2.24, 2.45) is 0 Å². The summed E-state index contributed by atoms with van der Waals surface area (Å²) in [4.78, 5) is 10.7. The molecule has 0 radical (unpaired) electrons. The quantitative estimate of drug-likeness (QED) is 0.678. The summed E-state index contributed by atoms with van der Waals surface area (Å²) in [6.07, 6.45) is 2.80. The zero-order valence-electron chi connectivity index (χ0n) is 15.2. The molecule has 3 aromatic rings. The third-order valence-electron chi connectivity index (χ3n) is 4.96. The van der Waals surface area contributed by atoms with Crippen molar-refractivity contribution in [3.8, 4) is 5.75 Å². The number of hydrogen-bond acceptors (Lipinski definition) is 4. The van der Waals surface area contributed by atoms with E-state index in [1.807, 2.05) is 37.3 Å². The third kappa shape index (κ3) is 3.86. The highest BCUT2D eigenvalue weighted by Crippen LogP contribution is 2.30. The van der Waals surface area contributed by atoms with E-state index in [0.29, 0.717) is 0 Å². The van der Waals surface area contributed by atoms with E-state index in [1.54, 1.807) is 17.1 Å². The molecule has 0 N–H and O–H groups in total. The van der Waals surface area contributed by atoms with Gasteiger partial charge in [0.25, 0.3) is 6.43 Å². The van der Waals surface area contributed by atoms with E-state index in [0.717, 1.165) is 54.1 Å². The van der Waals surface area contributed by atoms with Gasteiger partial charge in [-0.3, -0.25) is 0 Å². The molecule has 1 saturated heterocycles. The van der Waals surface area contributed by atoms with Gasteiger partial charge in [-0.2, -0.15) is 0 Å². The van der Waals surface area contributed by atoms with E-state index in [4.69, 9.17) is 4.74 Å². The normalized spacial score (nSPS) is 15.6. The van der Waals surface area contributed by atoms with Gasteiger partial charge < -0.3 is 14.2 Å². The molecule has 142 valence electrons. The van der Waals surface area contributed by atoms with Crippen molar-refractivity contribution in [1.82, 2.24) is 14.5 Å². The second kappa shape index (κ2) is 7.50. The molecule has 1 aromatic carbocycles.